The number of aromatic amines is 1. The molecule has 23 heavy (non-hydrogen) atoms. The molecule has 6 heteroatoms. The summed E-state index contributed by atoms with van der Waals surface area (Å²) in [6.45, 7) is 1.54. The van der Waals surface area contributed by atoms with Crippen LogP contribution < -0.4 is 5.32 Å². The maximum absolute atomic E-state index is 12.2. The Morgan fingerprint density at radius 3 is 2.83 bits per heavy atom. The molecular formula is C17H21N5O. The quantitative estimate of drug-likeness (QED) is 0.914. The minimum absolute atomic E-state index is 0.0694. The van der Waals surface area contributed by atoms with E-state index in [1.54, 1.807) is 0 Å². The summed E-state index contributed by atoms with van der Waals surface area (Å²) in [5.41, 5.74) is 1.01. The van der Waals surface area contributed by atoms with Crippen molar-refractivity contribution in [3.63, 3.8) is 0 Å². The minimum atomic E-state index is 0.0694. The Hall–Kier alpha value is -2.37. The van der Waals surface area contributed by atoms with Crippen LogP contribution in [0.4, 0.5) is 4.79 Å². The first-order valence-corrected chi connectivity index (χ1v) is 8.33. The van der Waals surface area contributed by atoms with Crippen molar-refractivity contribution in [3.8, 4) is 11.4 Å². The number of H-pyrrole nitrogens is 1. The molecule has 1 saturated carbocycles. The Kier molecular flexibility index (Phi) is 3.73. The monoisotopic (exact) mass is 311 g/mol. The lowest BCUT2D eigenvalue weighted by Crippen LogP contribution is -2.45. The summed E-state index contributed by atoms with van der Waals surface area (Å²) >= 11 is 0. The number of hydrogen-bond acceptors (Lipinski definition) is 3. The van der Waals surface area contributed by atoms with Crippen LogP contribution in [-0.4, -0.2) is 45.2 Å². The first-order chi connectivity index (χ1) is 11.3. The Balaban J connectivity index is 1.45. The van der Waals surface area contributed by atoms with Crippen molar-refractivity contribution in [1.29, 1.82) is 0 Å². The van der Waals surface area contributed by atoms with Crippen molar-refractivity contribution in [3.05, 3.63) is 36.2 Å². The third-order valence-electron chi connectivity index (χ3n) is 4.53. The number of benzene rings is 1. The Morgan fingerprint density at radius 1 is 1.22 bits per heavy atom. The molecule has 2 aliphatic rings. The third-order valence-corrected chi connectivity index (χ3v) is 4.53. The summed E-state index contributed by atoms with van der Waals surface area (Å²) in [6.07, 6.45) is 4.28. The van der Waals surface area contributed by atoms with Gasteiger partial charge >= 0.3 is 6.03 Å². The lowest BCUT2D eigenvalue weighted by molar-refractivity contribution is 0.178. The van der Waals surface area contributed by atoms with Gasteiger partial charge in [-0.3, -0.25) is 5.10 Å². The van der Waals surface area contributed by atoms with Gasteiger partial charge in [0, 0.05) is 30.6 Å². The predicted molar refractivity (Wildman–Crippen MR) is 86.9 cm³/mol. The van der Waals surface area contributed by atoms with Crippen molar-refractivity contribution in [2.75, 3.05) is 13.1 Å². The Labute approximate surface area is 135 Å². The third kappa shape index (κ3) is 3.21. The molecular weight excluding hydrogens is 290 g/mol. The molecule has 0 spiro atoms. The molecule has 2 amide bonds. The summed E-state index contributed by atoms with van der Waals surface area (Å²) in [5, 5.41) is 10.5. The number of piperidine rings is 1. The molecule has 1 aromatic heterocycles. The number of carbonyl (C=O) groups excluding carboxylic acids is 1. The molecule has 120 valence electrons. The smallest absolute Gasteiger partial charge is 0.317 e. The van der Waals surface area contributed by atoms with Gasteiger partial charge in [-0.25, -0.2) is 9.78 Å². The summed E-state index contributed by atoms with van der Waals surface area (Å²) in [5.74, 6) is 1.84. The van der Waals surface area contributed by atoms with Gasteiger partial charge in [-0.05, 0) is 25.7 Å². The van der Waals surface area contributed by atoms with Gasteiger partial charge in [-0.1, -0.05) is 30.3 Å². The molecule has 0 unspecified atom stereocenters. The van der Waals surface area contributed by atoms with E-state index < -0.39 is 0 Å². The number of hydrogen-bond donors (Lipinski definition) is 2. The van der Waals surface area contributed by atoms with Gasteiger partial charge in [-0.15, -0.1) is 0 Å². The summed E-state index contributed by atoms with van der Waals surface area (Å²) in [6, 6.07) is 10.4. The van der Waals surface area contributed by atoms with E-state index in [2.05, 4.69) is 20.5 Å². The summed E-state index contributed by atoms with van der Waals surface area (Å²) in [4.78, 5) is 18.8. The first kappa shape index (κ1) is 14.2. The number of nitrogens with zero attached hydrogens (tertiary/aromatic N) is 3. The first-order valence-electron chi connectivity index (χ1n) is 8.33. The lowest BCUT2D eigenvalue weighted by atomic mass is 9.97. The van der Waals surface area contributed by atoms with Crippen LogP contribution in [0.15, 0.2) is 30.3 Å². The zero-order chi connectivity index (χ0) is 15.6. The largest absolute Gasteiger partial charge is 0.335 e. The van der Waals surface area contributed by atoms with Gasteiger partial charge < -0.3 is 10.2 Å². The minimum Gasteiger partial charge on any atom is -0.335 e. The van der Waals surface area contributed by atoms with E-state index in [-0.39, 0.29) is 11.9 Å². The highest BCUT2D eigenvalue weighted by molar-refractivity contribution is 5.75. The van der Waals surface area contributed by atoms with Crippen molar-refractivity contribution >= 4 is 6.03 Å². The van der Waals surface area contributed by atoms with E-state index in [9.17, 15) is 4.79 Å². The fraction of sp³-hybridized carbons (Fsp3) is 0.471. The standard InChI is InChI=1S/C17H21N5O/c23-17(18-14-8-9-14)22-10-4-7-13(11-22)16-19-15(20-21-16)12-5-2-1-3-6-12/h1-3,5-6,13-14H,4,7-11H2,(H,18,23)(H,19,20,21)/t13-/m0/s1. The molecule has 4 rings (SSSR count). The second kappa shape index (κ2) is 6.02. The molecule has 2 fully saturated rings. The molecule has 2 aromatic rings. The number of aromatic nitrogens is 3. The zero-order valence-electron chi connectivity index (χ0n) is 13.0. The summed E-state index contributed by atoms with van der Waals surface area (Å²) < 4.78 is 0. The van der Waals surface area contributed by atoms with Crippen LogP contribution >= 0.6 is 0 Å². The van der Waals surface area contributed by atoms with Crippen LogP contribution in [0, 0.1) is 0 Å². The summed E-state index contributed by atoms with van der Waals surface area (Å²) in [7, 11) is 0. The predicted octanol–water partition coefficient (Wildman–Crippen LogP) is 2.52. The molecule has 2 N–H and O–H groups in total. The molecule has 2 heterocycles. The van der Waals surface area contributed by atoms with E-state index in [1.165, 1.54) is 0 Å². The van der Waals surface area contributed by atoms with Crippen LogP contribution in [0.3, 0.4) is 0 Å². The topological polar surface area (TPSA) is 73.9 Å². The van der Waals surface area contributed by atoms with E-state index in [1.807, 2.05) is 35.2 Å². The average molecular weight is 311 g/mol. The zero-order valence-corrected chi connectivity index (χ0v) is 13.0. The highest BCUT2D eigenvalue weighted by Gasteiger charge is 2.30. The molecule has 1 atom stereocenters. The van der Waals surface area contributed by atoms with Crippen LogP contribution in [0.2, 0.25) is 0 Å². The van der Waals surface area contributed by atoms with Crippen molar-refractivity contribution < 1.29 is 4.79 Å². The van der Waals surface area contributed by atoms with Gasteiger partial charge in [0.2, 0.25) is 0 Å². The maximum Gasteiger partial charge on any atom is 0.317 e. The molecule has 1 saturated heterocycles. The second-order valence-corrected chi connectivity index (χ2v) is 6.42. The van der Waals surface area contributed by atoms with E-state index >= 15 is 0 Å². The lowest BCUT2D eigenvalue weighted by Gasteiger charge is -2.31. The van der Waals surface area contributed by atoms with Crippen molar-refractivity contribution in [2.24, 2.45) is 0 Å². The van der Waals surface area contributed by atoms with Gasteiger partial charge in [0.1, 0.15) is 5.82 Å². The molecule has 0 radical (unpaired) electrons. The van der Waals surface area contributed by atoms with Gasteiger partial charge in [-0.2, -0.15) is 5.10 Å². The SMILES string of the molecule is O=C(NC1CC1)N1CCC[C@H](c2nc(-c3ccccc3)n[nH]2)C1. The highest BCUT2D eigenvalue weighted by Crippen LogP contribution is 2.27. The number of rotatable bonds is 3. The van der Waals surface area contributed by atoms with E-state index in [0.717, 1.165) is 49.4 Å². The molecule has 1 aliphatic carbocycles. The molecule has 6 nitrogen and oxygen atoms in total. The maximum atomic E-state index is 12.2. The normalized spacial score (nSPS) is 21.2. The van der Waals surface area contributed by atoms with Crippen molar-refractivity contribution in [1.82, 2.24) is 25.4 Å². The average Bonchev–Trinajstić information content (AvgIpc) is 3.27. The van der Waals surface area contributed by atoms with Gasteiger partial charge in [0.25, 0.3) is 0 Å². The number of amides is 2. The molecule has 1 aromatic carbocycles. The number of nitrogens with one attached hydrogen (secondary N) is 2. The van der Waals surface area contributed by atoms with E-state index in [0.29, 0.717) is 12.6 Å². The molecule has 1 aliphatic heterocycles. The second-order valence-electron chi connectivity index (χ2n) is 6.42. The van der Waals surface area contributed by atoms with Crippen LogP contribution in [0.25, 0.3) is 11.4 Å². The van der Waals surface area contributed by atoms with Crippen LogP contribution in [0.5, 0.6) is 0 Å². The van der Waals surface area contributed by atoms with Gasteiger partial charge in [0.05, 0.1) is 0 Å². The van der Waals surface area contributed by atoms with Crippen LogP contribution in [0.1, 0.15) is 37.4 Å². The fourth-order valence-corrected chi connectivity index (χ4v) is 3.05. The number of carbonyl (C=O) groups is 1. The van der Waals surface area contributed by atoms with Crippen LogP contribution in [-0.2, 0) is 0 Å². The number of likely N-dealkylation sites (tertiary alicyclic amines) is 1. The Morgan fingerprint density at radius 2 is 2.04 bits per heavy atom. The van der Waals surface area contributed by atoms with E-state index in [4.69, 9.17) is 0 Å². The highest BCUT2D eigenvalue weighted by atomic mass is 16.2. The van der Waals surface area contributed by atoms with Gasteiger partial charge in [0.15, 0.2) is 5.82 Å². The Bertz CT molecular complexity index is 679. The molecule has 0 bridgehead atoms. The number of urea groups is 1. The fourth-order valence-electron chi connectivity index (χ4n) is 3.05. The van der Waals surface area contributed by atoms with Crippen molar-refractivity contribution in [2.45, 2.75) is 37.6 Å².